The molecule has 17 heavy (non-hydrogen) atoms. The van der Waals surface area contributed by atoms with E-state index < -0.39 is 4.92 Å². The molecule has 0 saturated heterocycles. The molecule has 1 heterocycles. The Bertz CT molecular complexity index is 499. The van der Waals surface area contributed by atoms with E-state index >= 15 is 0 Å². The van der Waals surface area contributed by atoms with Crippen molar-refractivity contribution in [1.82, 2.24) is 4.72 Å². The quantitative estimate of drug-likeness (QED) is 0.502. The van der Waals surface area contributed by atoms with Crippen molar-refractivity contribution in [2.24, 2.45) is 0 Å². The van der Waals surface area contributed by atoms with E-state index in [1.807, 2.05) is 6.07 Å². The van der Waals surface area contributed by atoms with Crippen LogP contribution in [0.25, 0.3) is 0 Å². The first-order valence-electron chi connectivity index (χ1n) is 4.93. The third-order valence-corrected chi connectivity index (χ3v) is 2.92. The smallest absolute Gasteiger partial charge is 0.284 e. The fraction of sp³-hybridized carbons (Fsp3) is 0.0909. The van der Waals surface area contributed by atoms with Crippen LogP contribution in [-0.4, -0.2) is 4.92 Å². The number of nitro benzene ring substituents is 1. The molecule has 2 rings (SSSR count). The number of hydrogen-bond acceptors (Lipinski definition) is 5. The average Bonchev–Trinajstić information content (AvgIpc) is 2.82. The second-order valence-corrected chi connectivity index (χ2v) is 4.16. The molecule has 0 unspecified atom stereocenters. The van der Waals surface area contributed by atoms with Gasteiger partial charge in [-0.2, -0.15) is 0 Å². The van der Waals surface area contributed by atoms with Gasteiger partial charge >= 0.3 is 0 Å². The van der Waals surface area contributed by atoms with Gasteiger partial charge in [-0.25, -0.2) is 0 Å². The summed E-state index contributed by atoms with van der Waals surface area (Å²) in [7, 11) is 0. The van der Waals surface area contributed by atoms with Crippen molar-refractivity contribution in [3.63, 3.8) is 0 Å². The van der Waals surface area contributed by atoms with E-state index in [1.54, 1.807) is 30.5 Å². The van der Waals surface area contributed by atoms with Gasteiger partial charge in [0.1, 0.15) is 10.7 Å². The lowest BCUT2D eigenvalue weighted by atomic mass is 10.3. The van der Waals surface area contributed by atoms with E-state index in [1.165, 1.54) is 18.0 Å². The molecule has 1 N–H and O–H groups in total. The maximum absolute atomic E-state index is 10.8. The van der Waals surface area contributed by atoms with Crippen LogP contribution in [0, 0.1) is 10.1 Å². The SMILES string of the molecule is O=[N+]([O-])c1ccccc1SNCc1ccco1. The molecule has 0 spiro atoms. The Hall–Kier alpha value is -1.79. The number of nitro groups is 1. The highest BCUT2D eigenvalue weighted by Crippen LogP contribution is 2.26. The van der Waals surface area contributed by atoms with E-state index in [2.05, 4.69) is 4.72 Å². The van der Waals surface area contributed by atoms with Gasteiger partial charge in [-0.15, -0.1) is 0 Å². The third kappa shape index (κ3) is 3.08. The molecular formula is C11H10N2O3S. The second-order valence-electron chi connectivity index (χ2n) is 3.23. The summed E-state index contributed by atoms with van der Waals surface area (Å²) in [6.07, 6.45) is 1.59. The molecule has 6 heteroatoms. The van der Waals surface area contributed by atoms with Crippen molar-refractivity contribution in [3.8, 4) is 0 Å². The topological polar surface area (TPSA) is 68.3 Å². The monoisotopic (exact) mass is 250 g/mol. The first-order valence-corrected chi connectivity index (χ1v) is 5.74. The summed E-state index contributed by atoms with van der Waals surface area (Å²) in [6, 6.07) is 10.2. The number of furan rings is 1. The molecular weight excluding hydrogens is 240 g/mol. The molecule has 0 fully saturated rings. The largest absolute Gasteiger partial charge is 0.468 e. The lowest BCUT2D eigenvalue weighted by molar-refractivity contribution is -0.387. The fourth-order valence-corrected chi connectivity index (χ4v) is 2.06. The minimum absolute atomic E-state index is 0.101. The predicted molar refractivity (Wildman–Crippen MR) is 64.5 cm³/mol. The van der Waals surface area contributed by atoms with Gasteiger partial charge in [0.15, 0.2) is 0 Å². The average molecular weight is 250 g/mol. The van der Waals surface area contributed by atoms with E-state index in [4.69, 9.17) is 4.42 Å². The van der Waals surface area contributed by atoms with Gasteiger partial charge in [-0.3, -0.25) is 14.8 Å². The summed E-state index contributed by atoms with van der Waals surface area (Å²) < 4.78 is 8.16. The molecule has 0 amide bonds. The Morgan fingerprint density at radius 2 is 2.12 bits per heavy atom. The molecule has 1 aromatic heterocycles. The Morgan fingerprint density at radius 1 is 1.29 bits per heavy atom. The molecule has 1 aromatic carbocycles. The van der Waals surface area contributed by atoms with Crippen LogP contribution in [0.1, 0.15) is 5.76 Å². The fourth-order valence-electron chi connectivity index (χ4n) is 1.29. The van der Waals surface area contributed by atoms with Crippen LogP contribution < -0.4 is 4.72 Å². The molecule has 0 radical (unpaired) electrons. The molecule has 2 aromatic rings. The van der Waals surface area contributed by atoms with Gasteiger partial charge in [-0.05, 0) is 30.1 Å². The summed E-state index contributed by atoms with van der Waals surface area (Å²) in [5.74, 6) is 0.788. The number of hydrogen-bond donors (Lipinski definition) is 1. The minimum atomic E-state index is -0.392. The highest BCUT2D eigenvalue weighted by Gasteiger charge is 2.12. The third-order valence-electron chi connectivity index (χ3n) is 2.07. The van der Waals surface area contributed by atoms with Crippen molar-refractivity contribution in [1.29, 1.82) is 0 Å². The number of nitrogens with one attached hydrogen (secondary N) is 1. The van der Waals surface area contributed by atoms with E-state index in [0.717, 1.165) is 5.76 Å². The molecule has 0 aliphatic carbocycles. The van der Waals surface area contributed by atoms with Crippen LogP contribution in [-0.2, 0) is 6.54 Å². The van der Waals surface area contributed by atoms with Crippen LogP contribution in [0.4, 0.5) is 5.69 Å². The lowest BCUT2D eigenvalue weighted by Gasteiger charge is -2.02. The molecule has 5 nitrogen and oxygen atoms in total. The normalized spacial score (nSPS) is 10.4. The summed E-state index contributed by atoms with van der Waals surface area (Å²) >= 11 is 1.22. The van der Waals surface area contributed by atoms with Gasteiger partial charge in [-0.1, -0.05) is 12.1 Å². The van der Waals surface area contributed by atoms with Gasteiger partial charge in [0.05, 0.1) is 17.7 Å². The van der Waals surface area contributed by atoms with Gasteiger partial charge in [0, 0.05) is 6.07 Å². The Balaban J connectivity index is 1.97. The van der Waals surface area contributed by atoms with Crippen LogP contribution in [0.3, 0.4) is 0 Å². The van der Waals surface area contributed by atoms with E-state index in [0.29, 0.717) is 11.4 Å². The Kier molecular flexibility index (Phi) is 3.79. The van der Waals surface area contributed by atoms with Crippen LogP contribution >= 0.6 is 11.9 Å². The molecule has 0 atom stereocenters. The molecule has 88 valence electrons. The standard InChI is InChI=1S/C11H10N2O3S/c14-13(15)10-5-1-2-6-11(10)17-12-8-9-4-3-7-16-9/h1-7,12H,8H2. The molecule has 0 aliphatic heterocycles. The highest BCUT2D eigenvalue weighted by atomic mass is 32.2. The Labute approximate surface area is 102 Å². The summed E-state index contributed by atoms with van der Waals surface area (Å²) in [4.78, 5) is 11.0. The zero-order chi connectivity index (χ0) is 12.1. The number of para-hydroxylation sites is 1. The summed E-state index contributed by atoms with van der Waals surface area (Å²) in [6.45, 7) is 0.518. The minimum Gasteiger partial charge on any atom is -0.468 e. The zero-order valence-electron chi connectivity index (χ0n) is 8.83. The van der Waals surface area contributed by atoms with Crippen LogP contribution in [0.5, 0.6) is 0 Å². The second kappa shape index (κ2) is 5.51. The number of nitrogens with zero attached hydrogens (tertiary/aromatic N) is 1. The predicted octanol–water partition coefficient (Wildman–Crippen LogP) is 2.98. The van der Waals surface area contributed by atoms with Crippen molar-refractivity contribution >= 4 is 17.6 Å². The van der Waals surface area contributed by atoms with Crippen molar-refractivity contribution in [2.75, 3.05) is 0 Å². The lowest BCUT2D eigenvalue weighted by Crippen LogP contribution is -2.02. The first kappa shape index (κ1) is 11.7. The first-order chi connectivity index (χ1) is 8.27. The molecule has 0 bridgehead atoms. The highest BCUT2D eigenvalue weighted by molar-refractivity contribution is 7.97. The molecule has 0 aliphatic rings. The van der Waals surface area contributed by atoms with Crippen LogP contribution in [0.15, 0.2) is 52.0 Å². The van der Waals surface area contributed by atoms with Crippen molar-refractivity contribution in [3.05, 3.63) is 58.5 Å². The van der Waals surface area contributed by atoms with Crippen molar-refractivity contribution in [2.45, 2.75) is 11.4 Å². The maximum Gasteiger partial charge on any atom is 0.284 e. The molecule has 0 saturated carbocycles. The zero-order valence-corrected chi connectivity index (χ0v) is 9.65. The van der Waals surface area contributed by atoms with E-state index in [-0.39, 0.29) is 5.69 Å². The summed E-state index contributed by atoms with van der Waals surface area (Å²) in [5.41, 5.74) is 0.101. The van der Waals surface area contributed by atoms with Gasteiger partial charge in [0.2, 0.25) is 0 Å². The van der Waals surface area contributed by atoms with Gasteiger partial charge in [0.25, 0.3) is 5.69 Å². The summed E-state index contributed by atoms with van der Waals surface area (Å²) in [5, 5.41) is 10.8. The Morgan fingerprint density at radius 3 is 2.82 bits per heavy atom. The van der Waals surface area contributed by atoms with E-state index in [9.17, 15) is 10.1 Å². The van der Waals surface area contributed by atoms with Crippen LogP contribution in [0.2, 0.25) is 0 Å². The number of benzene rings is 1. The number of rotatable bonds is 5. The van der Waals surface area contributed by atoms with Gasteiger partial charge < -0.3 is 4.42 Å². The maximum atomic E-state index is 10.8. The van der Waals surface area contributed by atoms with Crippen molar-refractivity contribution < 1.29 is 9.34 Å².